The van der Waals surface area contributed by atoms with Crippen molar-refractivity contribution in [2.45, 2.75) is 18.8 Å². The van der Waals surface area contributed by atoms with Gasteiger partial charge >= 0.3 is 5.97 Å². The fourth-order valence-electron chi connectivity index (χ4n) is 1.94. The number of carbonyl (C=O) groups excluding carboxylic acids is 1. The van der Waals surface area contributed by atoms with Gasteiger partial charge in [0.1, 0.15) is 0 Å². The summed E-state index contributed by atoms with van der Waals surface area (Å²) >= 11 is 0. The smallest absolute Gasteiger partial charge is 0.303 e. The molecule has 0 saturated heterocycles. The molecule has 0 heterocycles. The van der Waals surface area contributed by atoms with E-state index >= 15 is 0 Å². The lowest BCUT2D eigenvalue weighted by Crippen LogP contribution is -2.03. The van der Waals surface area contributed by atoms with E-state index in [4.69, 9.17) is 5.11 Å². The molecule has 0 unspecified atom stereocenters. The van der Waals surface area contributed by atoms with Crippen molar-refractivity contribution in [3.8, 4) is 0 Å². The maximum atomic E-state index is 11.5. The Morgan fingerprint density at radius 2 is 2.14 bits per heavy atom. The summed E-state index contributed by atoms with van der Waals surface area (Å²) in [6.45, 7) is 0. The van der Waals surface area contributed by atoms with Gasteiger partial charge in [0.05, 0.1) is 6.42 Å². The molecule has 2 rings (SSSR count). The zero-order valence-corrected chi connectivity index (χ0v) is 7.56. The van der Waals surface area contributed by atoms with E-state index in [1.54, 1.807) is 12.1 Å². The molecule has 0 bridgehead atoms. The maximum Gasteiger partial charge on any atom is 0.303 e. The second-order valence-electron chi connectivity index (χ2n) is 3.51. The van der Waals surface area contributed by atoms with Crippen molar-refractivity contribution in [3.05, 3.63) is 35.4 Å². The Morgan fingerprint density at radius 1 is 1.43 bits per heavy atom. The van der Waals surface area contributed by atoms with Gasteiger partial charge in [-0.2, -0.15) is 0 Å². The van der Waals surface area contributed by atoms with Crippen molar-refractivity contribution >= 4 is 11.8 Å². The molecule has 1 aromatic carbocycles. The van der Waals surface area contributed by atoms with E-state index < -0.39 is 5.97 Å². The normalized spacial score (nSPS) is 19.4. The Morgan fingerprint density at radius 3 is 2.86 bits per heavy atom. The van der Waals surface area contributed by atoms with Crippen LogP contribution < -0.4 is 0 Å². The first-order valence-electron chi connectivity index (χ1n) is 4.52. The quantitative estimate of drug-likeness (QED) is 0.774. The highest BCUT2D eigenvalue weighted by atomic mass is 16.4. The van der Waals surface area contributed by atoms with Crippen molar-refractivity contribution in [2.75, 3.05) is 0 Å². The second kappa shape index (κ2) is 3.25. The molecule has 0 saturated carbocycles. The zero-order chi connectivity index (χ0) is 10.1. The lowest BCUT2D eigenvalue weighted by atomic mass is 9.98. The number of benzene rings is 1. The van der Waals surface area contributed by atoms with Crippen molar-refractivity contribution in [1.29, 1.82) is 0 Å². The minimum absolute atomic E-state index is 0.0444. The Kier molecular flexibility index (Phi) is 2.08. The van der Waals surface area contributed by atoms with Gasteiger partial charge in [0.15, 0.2) is 5.78 Å². The third-order valence-electron chi connectivity index (χ3n) is 2.55. The number of carboxylic acid groups (broad SMARTS) is 1. The highest BCUT2D eigenvalue weighted by Gasteiger charge is 2.29. The molecule has 1 aromatic rings. The van der Waals surface area contributed by atoms with Gasteiger partial charge in [-0.1, -0.05) is 24.3 Å². The molecule has 0 aliphatic heterocycles. The summed E-state index contributed by atoms with van der Waals surface area (Å²) in [6.07, 6.45) is 0.383. The largest absolute Gasteiger partial charge is 0.481 e. The van der Waals surface area contributed by atoms with E-state index in [9.17, 15) is 9.59 Å². The van der Waals surface area contributed by atoms with E-state index in [0.29, 0.717) is 12.0 Å². The van der Waals surface area contributed by atoms with Crippen LogP contribution in [0.3, 0.4) is 0 Å². The minimum atomic E-state index is -0.848. The summed E-state index contributed by atoms with van der Waals surface area (Å²) in [5.41, 5.74) is 1.58. The lowest BCUT2D eigenvalue weighted by Gasteiger charge is -2.05. The second-order valence-corrected chi connectivity index (χ2v) is 3.51. The maximum absolute atomic E-state index is 11.5. The van der Waals surface area contributed by atoms with E-state index in [-0.39, 0.29) is 18.1 Å². The van der Waals surface area contributed by atoms with Crippen LogP contribution >= 0.6 is 0 Å². The summed E-state index contributed by atoms with van der Waals surface area (Å²) in [6, 6.07) is 7.25. The summed E-state index contributed by atoms with van der Waals surface area (Å²) in [4.78, 5) is 22.0. The number of ketones is 1. The first-order chi connectivity index (χ1) is 6.68. The van der Waals surface area contributed by atoms with E-state index in [1.165, 1.54) is 0 Å². The van der Waals surface area contributed by atoms with Crippen LogP contribution in [0.4, 0.5) is 0 Å². The topological polar surface area (TPSA) is 54.4 Å². The van der Waals surface area contributed by atoms with Gasteiger partial charge in [0, 0.05) is 17.9 Å². The summed E-state index contributed by atoms with van der Waals surface area (Å²) in [5, 5.41) is 8.67. The van der Waals surface area contributed by atoms with E-state index in [1.807, 2.05) is 12.1 Å². The number of rotatable bonds is 2. The van der Waals surface area contributed by atoms with Gasteiger partial charge in [0.25, 0.3) is 0 Å². The van der Waals surface area contributed by atoms with Gasteiger partial charge < -0.3 is 5.11 Å². The number of fused-ring (bicyclic) bond motifs is 1. The fraction of sp³-hybridized carbons (Fsp3) is 0.273. The van der Waals surface area contributed by atoms with Gasteiger partial charge in [-0.3, -0.25) is 9.59 Å². The van der Waals surface area contributed by atoms with Crippen LogP contribution in [0.2, 0.25) is 0 Å². The molecule has 1 N–H and O–H groups in total. The third kappa shape index (κ3) is 1.41. The van der Waals surface area contributed by atoms with E-state index in [0.717, 1.165) is 5.56 Å². The first-order valence-corrected chi connectivity index (χ1v) is 4.52. The number of carbonyl (C=O) groups is 2. The molecular weight excluding hydrogens is 180 g/mol. The monoisotopic (exact) mass is 190 g/mol. The molecule has 0 aromatic heterocycles. The third-order valence-corrected chi connectivity index (χ3v) is 2.55. The SMILES string of the molecule is O=C(O)C[C@@H]1CC(=O)c2ccccc21. The number of Topliss-reactive ketones (excluding diaryl/α,β-unsaturated/α-hetero) is 1. The Bertz CT molecular complexity index is 393. The summed E-state index contributed by atoms with van der Waals surface area (Å²) < 4.78 is 0. The highest BCUT2D eigenvalue weighted by molar-refractivity contribution is 6.01. The Balaban J connectivity index is 2.34. The molecule has 0 fully saturated rings. The predicted molar refractivity (Wildman–Crippen MR) is 50.4 cm³/mol. The highest BCUT2D eigenvalue weighted by Crippen LogP contribution is 2.34. The van der Waals surface area contributed by atoms with Crippen molar-refractivity contribution in [3.63, 3.8) is 0 Å². The fourth-order valence-corrected chi connectivity index (χ4v) is 1.94. The molecule has 72 valence electrons. The summed E-state index contributed by atoms with van der Waals surface area (Å²) in [7, 11) is 0. The molecule has 3 nitrogen and oxygen atoms in total. The van der Waals surface area contributed by atoms with Crippen molar-refractivity contribution in [1.82, 2.24) is 0 Å². The molecule has 14 heavy (non-hydrogen) atoms. The van der Waals surface area contributed by atoms with Gasteiger partial charge in [-0.15, -0.1) is 0 Å². The standard InChI is InChI=1S/C11H10O3/c12-10-5-7(6-11(13)14)8-3-1-2-4-9(8)10/h1-4,7H,5-6H2,(H,13,14)/t7-/m0/s1. The number of aliphatic carboxylic acids is 1. The Hall–Kier alpha value is -1.64. The van der Waals surface area contributed by atoms with Crippen LogP contribution in [0.15, 0.2) is 24.3 Å². The van der Waals surface area contributed by atoms with Gasteiger partial charge in [-0.25, -0.2) is 0 Å². The molecule has 0 amide bonds. The summed E-state index contributed by atoms with van der Waals surface area (Å²) in [5.74, 6) is -0.914. The van der Waals surface area contributed by atoms with Crippen LogP contribution in [-0.2, 0) is 4.79 Å². The van der Waals surface area contributed by atoms with E-state index in [2.05, 4.69) is 0 Å². The number of hydrogen-bond acceptors (Lipinski definition) is 2. The molecule has 1 atom stereocenters. The Labute approximate surface area is 81.4 Å². The van der Waals surface area contributed by atoms with Crippen LogP contribution in [0.5, 0.6) is 0 Å². The van der Waals surface area contributed by atoms with Crippen molar-refractivity contribution in [2.24, 2.45) is 0 Å². The molecule has 0 spiro atoms. The molecular formula is C11H10O3. The molecule has 1 aliphatic rings. The lowest BCUT2D eigenvalue weighted by molar-refractivity contribution is -0.137. The number of hydrogen-bond donors (Lipinski definition) is 1. The van der Waals surface area contributed by atoms with Crippen LogP contribution in [0, 0.1) is 0 Å². The average molecular weight is 190 g/mol. The minimum Gasteiger partial charge on any atom is -0.481 e. The van der Waals surface area contributed by atoms with Crippen molar-refractivity contribution < 1.29 is 14.7 Å². The predicted octanol–water partition coefficient (Wildman–Crippen LogP) is 1.83. The average Bonchev–Trinajstić information content (AvgIpc) is 2.44. The van der Waals surface area contributed by atoms with Crippen LogP contribution in [0.25, 0.3) is 0 Å². The van der Waals surface area contributed by atoms with Gasteiger partial charge in [-0.05, 0) is 5.56 Å². The molecule has 0 radical (unpaired) electrons. The van der Waals surface area contributed by atoms with Gasteiger partial charge in [0.2, 0.25) is 0 Å². The van der Waals surface area contributed by atoms with Crippen LogP contribution in [-0.4, -0.2) is 16.9 Å². The molecule has 1 aliphatic carbocycles. The van der Waals surface area contributed by atoms with Crippen LogP contribution in [0.1, 0.15) is 34.7 Å². The molecule has 3 heteroatoms. The first kappa shape index (κ1) is 8.94. The zero-order valence-electron chi connectivity index (χ0n) is 7.56. The number of carboxylic acids is 1.